The van der Waals surface area contributed by atoms with Gasteiger partial charge in [0.2, 0.25) is 0 Å². The van der Waals surface area contributed by atoms with Gasteiger partial charge in [-0.3, -0.25) is 4.79 Å². The molecule has 0 unspecified atom stereocenters. The highest BCUT2D eigenvalue weighted by Crippen LogP contribution is 2.27. The number of hydrogen-bond acceptors (Lipinski definition) is 1. The molecule has 1 rings (SSSR count). The summed E-state index contributed by atoms with van der Waals surface area (Å²) in [7, 11) is 0. The Labute approximate surface area is 105 Å². The molecule has 17 heavy (non-hydrogen) atoms. The van der Waals surface area contributed by atoms with Gasteiger partial charge in [0, 0.05) is 5.02 Å². The molecule has 0 heterocycles. The van der Waals surface area contributed by atoms with Gasteiger partial charge in [0.25, 0.3) is 0 Å². The van der Waals surface area contributed by atoms with Crippen molar-refractivity contribution in [2.45, 2.75) is 33.6 Å². The average Bonchev–Trinajstić information content (AvgIpc) is 2.21. The number of carboxylic acid groups (broad SMARTS) is 1. The van der Waals surface area contributed by atoms with Gasteiger partial charge in [-0.2, -0.15) is 0 Å². The predicted octanol–water partition coefficient (Wildman–Crippen LogP) is 3.83. The van der Waals surface area contributed by atoms with E-state index in [1.165, 1.54) is 6.07 Å². The smallest absolute Gasteiger partial charge is 0.309 e. The second-order valence-corrected chi connectivity index (χ2v) is 5.29. The number of rotatable bonds is 4. The van der Waals surface area contributed by atoms with Crippen LogP contribution >= 0.6 is 11.6 Å². The van der Waals surface area contributed by atoms with Crippen LogP contribution in [-0.2, 0) is 11.2 Å². The molecule has 4 heteroatoms. The maximum absolute atomic E-state index is 13.4. The minimum atomic E-state index is -0.860. The van der Waals surface area contributed by atoms with E-state index in [-0.39, 0.29) is 5.82 Å². The van der Waals surface area contributed by atoms with Crippen molar-refractivity contribution in [3.05, 3.63) is 34.1 Å². The van der Waals surface area contributed by atoms with Crippen molar-refractivity contribution < 1.29 is 14.3 Å². The Morgan fingerprint density at radius 1 is 1.47 bits per heavy atom. The monoisotopic (exact) mass is 258 g/mol. The van der Waals surface area contributed by atoms with Crippen LogP contribution < -0.4 is 0 Å². The van der Waals surface area contributed by atoms with Crippen molar-refractivity contribution >= 4 is 17.6 Å². The summed E-state index contributed by atoms with van der Waals surface area (Å²) < 4.78 is 13.4. The third-order valence-electron chi connectivity index (χ3n) is 2.93. The van der Waals surface area contributed by atoms with Crippen LogP contribution in [0.3, 0.4) is 0 Å². The molecule has 0 atom stereocenters. The number of halogens is 2. The summed E-state index contributed by atoms with van der Waals surface area (Å²) in [6, 6.07) is 2.95. The Morgan fingerprint density at radius 3 is 2.59 bits per heavy atom. The summed E-state index contributed by atoms with van der Waals surface area (Å²) in [5.41, 5.74) is 0.324. The highest BCUT2D eigenvalue weighted by Gasteiger charge is 2.26. The highest BCUT2D eigenvalue weighted by atomic mass is 35.5. The fraction of sp³-hybridized carbons (Fsp3) is 0.462. The van der Waals surface area contributed by atoms with Gasteiger partial charge in [-0.25, -0.2) is 4.39 Å². The van der Waals surface area contributed by atoms with Gasteiger partial charge in [0.05, 0.1) is 5.41 Å². The maximum atomic E-state index is 13.4. The first-order chi connectivity index (χ1) is 7.74. The second-order valence-electron chi connectivity index (χ2n) is 4.88. The molecule has 0 fully saturated rings. The van der Waals surface area contributed by atoms with Crippen molar-refractivity contribution in [1.29, 1.82) is 0 Å². The number of hydrogen-bond donors (Lipinski definition) is 1. The van der Waals surface area contributed by atoms with E-state index in [0.717, 1.165) is 0 Å². The van der Waals surface area contributed by atoms with Crippen molar-refractivity contribution in [2.24, 2.45) is 5.41 Å². The molecule has 0 saturated heterocycles. The molecule has 0 aliphatic carbocycles. The van der Waals surface area contributed by atoms with Crippen molar-refractivity contribution in [3.63, 3.8) is 0 Å². The van der Waals surface area contributed by atoms with E-state index in [2.05, 4.69) is 0 Å². The largest absolute Gasteiger partial charge is 0.481 e. The first-order valence-electron chi connectivity index (χ1n) is 5.42. The van der Waals surface area contributed by atoms with E-state index in [0.29, 0.717) is 29.0 Å². The Bertz CT molecular complexity index is 441. The first-order valence-corrected chi connectivity index (χ1v) is 5.80. The standard InChI is InChI=1S/C13H16ClFO2/c1-8-6-10(14)9(7-11(8)15)4-5-13(2,3)12(16)17/h6-7H,4-5H2,1-3H3,(H,16,17). The van der Waals surface area contributed by atoms with Gasteiger partial charge in [0.1, 0.15) is 5.82 Å². The third-order valence-corrected chi connectivity index (χ3v) is 3.28. The number of carbonyl (C=O) groups is 1. The zero-order valence-corrected chi connectivity index (χ0v) is 10.9. The maximum Gasteiger partial charge on any atom is 0.309 e. The van der Waals surface area contributed by atoms with E-state index in [1.807, 2.05) is 0 Å². The van der Waals surface area contributed by atoms with Crippen molar-refractivity contribution in [3.8, 4) is 0 Å². The summed E-state index contributed by atoms with van der Waals surface area (Å²) in [6.07, 6.45) is 0.875. The Kier molecular flexibility index (Phi) is 4.15. The molecule has 0 bridgehead atoms. The van der Waals surface area contributed by atoms with Crippen molar-refractivity contribution in [2.75, 3.05) is 0 Å². The van der Waals surface area contributed by atoms with Crippen LogP contribution in [0.5, 0.6) is 0 Å². The molecule has 1 aromatic carbocycles. The van der Waals surface area contributed by atoms with Crippen LogP contribution in [0.4, 0.5) is 4.39 Å². The molecule has 1 N–H and O–H groups in total. The third kappa shape index (κ3) is 3.43. The minimum absolute atomic E-state index is 0.308. The van der Waals surface area contributed by atoms with Gasteiger partial charge in [0.15, 0.2) is 0 Å². The quantitative estimate of drug-likeness (QED) is 0.891. The van der Waals surface area contributed by atoms with Crippen LogP contribution in [0, 0.1) is 18.2 Å². The van der Waals surface area contributed by atoms with Gasteiger partial charge in [-0.15, -0.1) is 0 Å². The number of benzene rings is 1. The number of carboxylic acids is 1. The van der Waals surface area contributed by atoms with E-state index in [1.54, 1.807) is 26.8 Å². The summed E-state index contributed by atoms with van der Waals surface area (Å²) in [4.78, 5) is 10.9. The molecule has 0 amide bonds. The average molecular weight is 259 g/mol. The van der Waals surface area contributed by atoms with E-state index in [4.69, 9.17) is 16.7 Å². The fourth-order valence-corrected chi connectivity index (χ4v) is 1.75. The van der Waals surface area contributed by atoms with E-state index >= 15 is 0 Å². The number of aryl methyl sites for hydroxylation is 2. The zero-order valence-electron chi connectivity index (χ0n) is 10.2. The summed E-state index contributed by atoms with van der Waals surface area (Å²) in [5.74, 6) is -1.17. The minimum Gasteiger partial charge on any atom is -0.481 e. The van der Waals surface area contributed by atoms with Gasteiger partial charge in [-0.05, 0) is 56.9 Å². The first kappa shape index (κ1) is 14.0. The molecular weight excluding hydrogens is 243 g/mol. The fourth-order valence-electron chi connectivity index (χ4n) is 1.43. The molecule has 1 aromatic rings. The SMILES string of the molecule is Cc1cc(Cl)c(CCC(C)(C)C(=O)O)cc1F. The molecule has 0 saturated carbocycles. The molecule has 0 aliphatic heterocycles. The lowest BCUT2D eigenvalue weighted by Gasteiger charge is -2.19. The molecule has 0 aromatic heterocycles. The molecular formula is C13H16ClFO2. The second kappa shape index (κ2) is 5.05. The van der Waals surface area contributed by atoms with Crippen LogP contribution in [-0.4, -0.2) is 11.1 Å². The van der Waals surface area contributed by atoms with Gasteiger partial charge >= 0.3 is 5.97 Å². The van der Waals surface area contributed by atoms with Crippen LogP contribution in [0.1, 0.15) is 31.4 Å². The molecule has 0 radical (unpaired) electrons. The van der Waals surface area contributed by atoms with Crippen LogP contribution in [0.2, 0.25) is 5.02 Å². The molecule has 94 valence electrons. The predicted molar refractivity (Wildman–Crippen MR) is 65.9 cm³/mol. The van der Waals surface area contributed by atoms with Gasteiger partial charge < -0.3 is 5.11 Å². The molecule has 2 nitrogen and oxygen atoms in total. The van der Waals surface area contributed by atoms with E-state index < -0.39 is 11.4 Å². The summed E-state index contributed by atoms with van der Waals surface area (Å²) in [5, 5.41) is 9.47. The van der Waals surface area contributed by atoms with Crippen LogP contribution in [0.25, 0.3) is 0 Å². The Morgan fingerprint density at radius 2 is 2.06 bits per heavy atom. The van der Waals surface area contributed by atoms with Gasteiger partial charge in [-0.1, -0.05) is 11.6 Å². The molecule has 0 spiro atoms. The zero-order chi connectivity index (χ0) is 13.2. The van der Waals surface area contributed by atoms with Crippen molar-refractivity contribution in [1.82, 2.24) is 0 Å². The lowest BCUT2D eigenvalue weighted by atomic mass is 9.86. The lowest BCUT2D eigenvalue weighted by Crippen LogP contribution is -2.24. The summed E-state index contributed by atoms with van der Waals surface area (Å²) in [6.45, 7) is 4.94. The highest BCUT2D eigenvalue weighted by molar-refractivity contribution is 6.31. The Balaban J connectivity index is 2.83. The topological polar surface area (TPSA) is 37.3 Å². The number of aliphatic carboxylic acids is 1. The normalized spacial score (nSPS) is 11.6. The Hall–Kier alpha value is -1.09. The summed E-state index contributed by atoms with van der Waals surface area (Å²) >= 11 is 6.00. The van der Waals surface area contributed by atoms with E-state index in [9.17, 15) is 9.18 Å². The molecule has 0 aliphatic rings. The van der Waals surface area contributed by atoms with Crippen LogP contribution in [0.15, 0.2) is 12.1 Å². The lowest BCUT2D eigenvalue weighted by molar-refractivity contribution is -0.147.